The minimum absolute atomic E-state index is 0.0963. The Morgan fingerprint density at radius 2 is 1.93 bits per heavy atom. The first-order valence-corrected chi connectivity index (χ1v) is 8.41. The Labute approximate surface area is 162 Å². The van der Waals surface area contributed by atoms with E-state index in [1.165, 1.54) is 42.5 Å². The van der Waals surface area contributed by atoms with Crippen molar-refractivity contribution in [1.82, 2.24) is 9.78 Å². The normalized spacial score (nSPS) is 14.4. The summed E-state index contributed by atoms with van der Waals surface area (Å²) in [6, 6.07) is 9.86. The van der Waals surface area contributed by atoms with Crippen molar-refractivity contribution in [2.24, 2.45) is 0 Å². The molecule has 3 atom stereocenters. The number of nitrogens with zero attached hydrogens (tertiary/aromatic N) is 2. The number of carbonyl (C=O) groups is 1. The number of alkyl halides is 2. The SMILES string of the molecule is [B]C(F)c1cccc2c1c(=O)c(C(=O)O)nn2-c1ccc(OC([B])(F)P)cc1. The fraction of sp³-hybridized carbons (Fsp3) is 0.118. The highest BCUT2D eigenvalue weighted by Crippen LogP contribution is 2.27. The van der Waals surface area contributed by atoms with E-state index in [0.29, 0.717) is 5.69 Å². The van der Waals surface area contributed by atoms with Gasteiger partial charge in [0.05, 0.1) is 22.7 Å². The number of rotatable bonds is 5. The van der Waals surface area contributed by atoms with Crippen LogP contribution in [0.3, 0.4) is 0 Å². The molecular weight excluding hydrogens is 387 g/mol. The maximum Gasteiger partial charge on any atom is 0.360 e. The lowest BCUT2D eigenvalue weighted by atomic mass is 9.91. The van der Waals surface area contributed by atoms with Gasteiger partial charge in [0.1, 0.15) is 13.6 Å². The number of fused-ring (bicyclic) bond motifs is 1. The largest absolute Gasteiger partial charge is 0.476 e. The molecule has 4 radical (unpaired) electrons. The second-order valence-electron chi connectivity index (χ2n) is 5.83. The predicted octanol–water partition coefficient (Wildman–Crippen LogP) is 2.22. The van der Waals surface area contributed by atoms with Gasteiger partial charge in [0.25, 0.3) is 0 Å². The van der Waals surface area contributed by atoms with Gasteiger partial charge in [-0.2, -0.15) is 5.10 Å². The lowest BCUT2D eigenvalue weighted by Gasteiger charge is -2.18. The van der Waals surface area contributed by atoms with Crippen LogP contribution in [-0.2, 0) is 0 Å². The number of aromatic carboxylic acids is 1. The van der Waals surface area contributed by atoms with E-state index in [9.17, 15) is 23.5 Å². The number of benzene rings is 2. The number of halogens is 2. The number of hydrogen-bond donors (Lipinski definition) is 1. The fourth-order valence-electron chi connectivity index (χ4n) is 2.70. The van der Waals surface area contributed by atoms with Crippen LogP contribution in [0.25, 0.3) is 16.6 Å². The van der Waals surface area contributed by atoms with Gasteiger partial charge >= 0.3 is 5.97 Å². The molecule has 1 N–H and O–H groups in total. The molecular formula is C17H11B2F2N2O4P. The molecule has 1 aromatic heterocycles. The van der Waals surface area contributed by atoms with Crippen LogP contribution >= 0.6 is 9.24 Å². The van der Waals surface area contributed by atoms with Gasteiger partial charge in [-0.1, -0.05) is 21.4 Å². The summed E-state index contributed by atoms with van der Waals surface area (Å²) in [5.74, 6) is -1.48. The van der Waals surface area contributed by atoms with Crippen LogP contribution in [0.15, 0.2) is 47.3 Å². The van der Waals surface area contributed by atoms with Gasteiger partial charge in [-0.05, 0) is 35.9 Å². The molecule has 6 nitrogen and oxygen atoms in total. The molecule has 0 aliphatic carbocycles. The first-order valence-electron chi connectivity index (χ1n) is 7.83. The van der Waals surface area contributed by atoms with E-state index in [0.717, 1.165) is 4.68 Å². The molecule has 2 aromatic carbocycles. The van der Waals surface area contributed by atoms with Crippen LogP contribution in [0.1, 0.15) is 22.1 Å². The van der Waals surface area contributed by atoms with Crippen molar-refractivity contribution in [2.75, 3.05) is 0 Å². The Balaban J connectivity index is 2.26. The van der Waals surface area contributed by atoms with E-state index in [1.54, 1.807) is 9.24 Å². The zero-order chi connectivity index (χ0) is 20.6. The quantitative estimate of drug-likeness (QED) is 0.527. The molecule has 3 rings (SSSR count). The topological polar surface area (TPSA) is 81.4 Å². The van der Waals surface area contributed by atoms with E-state index < -0.39 is 28.7 Å². The second kappa shape index (κ2) is 7.36. The van der Waals surface area contributed by atoms with Crippen LogP contribution in [0.2, 0.25) is 0 Å². The van der Waals surface area contributed by atoms with Crippen molar-refractivity contribution in [2.45, 2.75) is 11.6 Å². The molecule has 0 saturated carbocycles. The highest BCUT2D eigenvalue weighted by atomic mass is 31.0. The molecule has 0 spiro atoms. The number of aromatic nitrogens is 2. The maximum absolute atomic E-state index is 13.8. The monoisotopic (exact) mass is 398 g/mol. The summed E-state index contributed by atoms with van der Waals surface area (Å²) in [6.45, 7) is 0. The van der Waals surface area contributed by atoms with Gasteiger partial charge in [-0.25, -0.2) is 13.9 Å². The maximum atomic E-state index is 13.8. The third-order valence-corrected chi connectivity index (χ3v) is 3.92. The van der Waals surface area contributed by atoms with Crippen molar-refractivity contribution in [1.29, 1.82) is 0 Å². The summed E-state index contributed by atoms with van der Waals surface area (Å²) in [4.78, 5) is 24.0. The molecule has 11 heteroatoms. The summed E-state index contributed by atoms with van der Waals surface area (Å²) >= 11 is 0. The first-order chi connectivity index (χ1) is 13.1. The molecule has 3 aromatic rings. The third kappa shape index (κ3) is 3.92. The van der Waals surface area contributed by atoms with E-state index in [4.69, 9.17) is 20.4 Å². The minimum Gasteiger partial charge on any atom is -0.476 e. The average Bonchev–Trinajstić information content (AvgIpc) is 2.61. The Morgan fingerprint density at radius 3 is 2.46 bits per heavy atom. The summed E-state index contributed by atoms with van der Waals surface area (Å²) < 4.78 is 33.2. The summed E-state index contributed by atoms with van der Waals surface area (Å²) in [5, 5.41) is 13.0. The Kier molecular flexibility index (Phi) is 5.26. The van der Waals surface area contributed by atoms with Crippen LogP contribution in [0.5, 0.6) is 5.75 Å². The Morgan fingerprint density at radius 1 is 1.29 bits per heavy atom. The van der Waals surface area contributed by atoms with Crippen LogP contribution < -0.4 is 10.2 Å². The molecule has 0 amide bonds. The molecule has 0 aliphatic rings. The highest BCUT2D eigenvalue weighted by Gasteiger charge is 2.21. The molecule has 3 unspecified atom stereocenters. The zero-order valence-corrected chi connectivity index (χ0v) is 15.3. The zero-order valence-electron chi connectivity index (χ0n) is 14.2. The van der Waals surface area contributed by atoms with Gasteiger partial charge in [-0.15, -0.1) is 0 Å². The van der Waals surface area contributed by atoms with Crippen molar-refractivity contribution in [3.8, 4) is 11.4 Å². The summed E-state index contributed by atoms with van der Waals surface area (Å²) in [6.07, 6.45) is -1.99. The number of carboxylic acid groups (broad SMARTS) is 1. The van der Waals surface area contributed by atoms with Gasteiger partial charge in [0.15, 0.2) is 7.85 Å². The Bertz CT molecular complexity index is 1120. The highest BCUT2D eigenvalue weighted by molar-refractivity contribution is 7.21. The van der Waals surface area contributed by atoms with Gasteiger partial charge < -0.3 is 9.84 Å². The van der Waals surface area contributed by atoms with Crippen molar-refractivity contribution >= 4 is 41.8 Å². The second-order valence-corrected chi connectivity index (χ2v) is 6.62. The van der Waals surface area contributed by atoms with Crippen LogP contribution in [-0.4, -0.2) is 42.0 Å². The molecule has 28 heavy (non-hydrogen) atoms. The molecule has 0 aliphatic heterocycles. The first kappa shape index (κ1) is 20.0. The van der Waals surface area contributed by atoms with Crippen molar-refractivity contribution in [3.63, 3.8) is 0 Å². The van der Waals surface area contributed by atoms with E-state index in [-0.39, 0.29) is 22.2 Å². The number of hydrogen-bond acceptors (Lipinski definition) is 4. The van der Waals surface area contributed by atoms with Crippen molar-refractivity contribution in [3.05, 3.63) is 63.9 Å². The minimum atomic E-state index is -2.47. The molecule has 1 heterocycles. The molecule has 138 valence electrons. The molecule has 0 saturated heterocycles. The van der Waals surface area contributed by atoms with Crippen molar-refractivity contribution < 1.29 is 23.4 Å². The summed E-state index contributed by atoms with van der Waals surface area (Å²) in [7, 11) is 12.1. The average molecular weight is 398 g/mol. The van der Waals surface area contributed by atoms with E-state index >= 15 is 0 Å². The van der Waals surface area contributed by atoms with E-state index in [2.05, 4.69) is 5.10 Å². The number of ether oxygens (including phenoxy) is 1. The Hall–Kier alpha value is -2.73. The van der Waals surface area contributed by atoms with E-state index in [1.807, 2.05) is 0 Å². The third-order valence-electron chi connectivity index (χ3n) is 3.80. The van der Waals surface area contributed by atoms with Gasteiger partial charge in [0, 0.05) is 0 Å². The predicted molar refractivity (Wildman–Crippen MR) is 104 cm³/mol. The van der Waals surface area contributed by atoms with Crippen LogP contribution in [0.4, 0.5) is 8.78 Å². The lowest BCUT2D eigenvalue weighted by Crippen LogP contribution is -2.24. The van der Waals surface area contributed by atoms with Gasteiger partial charge in [0.2, 0.25) is 16.6 Å². The summed E-state index contributed by atoms with van der Waals surface area (Å²) in [5.41, 5.74) is -3.90. The molecule has 0 bridgehead atoms. The number of carboxylic acids is 1. The smallest absolute Gasteiger partial charge is 0.360 e. The fourth-order valence-corrected chi connectivity index (χ4v) is 2.84. The molecule has 0 fully saturated rings. The van der Waals surface area contributed by atoms with Crippen LogP contribution in [0, 0.1) is 0 Å². The standard InChI is InChI=1S/C17H11B2F2N2O4P/c18-15(20)10-2-1-3-11-12(10)14(24)13(16(25)26)22-23(11)8-4-6-9(7-5-8)27-17(19,21)28/h1-7,15H,28H2,(H,25,26). The van der Waals surface area contributed by atoms with Gasteiger partial charge in [-0.3, -0.25) is 9.18 Å². The lowest BCUT2D eigenvalue weighted by molar-refractivity contribution is 0.0687.